The van der Waals surface area contributed by atoms with Crippen LogP contribution in [0.3, 0.4) is 0 Å². The third-order valence-electron chi connectivity index (χ3n) is 7.11. The Balaban J connectivity index is 1.45. The lowest BCUT2D eigenvalue weighted by molar-refractivity contribution is -0.140. The highest BCUT2D eigenvalue weighted by Crippen LogP contribution is 2.23. The maximum atomic E-state index is 12.6. The van der Waals surface area contributed by atoms with E-state index in [9.17, 15) is 9.59 Å². The van der Waals surface area contributed by atoms with Crippen LogP contribution in [0.15, 0.2) is 48.5 Å². The van der Waals surface area contributed by atoms with Gasteiger partial charge in [0.2, 0.25) is 0 Å². The molecule has 7 heteroatoms. The molecule has 4 rings (SSSR count). The Hall–Kier alpha value is -3.19. The van der Waals surface area contributed by atoms with E-state index in [1.165, 1.54) is 25.5 Å². The first-order valence-electron chi connectivity index (χ1n) is 13.2. The van der Waals surface area contributed by atoms with Crippen molar-refractivity contribution in [2.24, 2.45) is 5.92 Å². The van der Waals surface area contributed by atoms with Crippen LogP contribution in [-0.2, 0) is 28.9 Å². The van der Waals surface area contributed by atoms with Gasteiger partial charge in [-0.2, -0.15) is 0 Å². The average Bonchev–Trinajstić information content (AvgIpc) is 3.27. The number of rotatable bonds is 12. The Morgan fingerprint density at radius 2 is 1.89 bits per heavy atom. The van der Waals surface area contributed by atoms with Crippen LogP contribution < -0.4 is 10.6 Å². The van der Waals surface area contributed by atoms with Crippen molar-refractivity contribution in [2.45, 2.75) is 57.9 Å². The molecule has 1 aliphatic heterocycles. The van der Waals surface area contributed by atoms with Crippen molar-refractivity contribution in [3.63, 3.8) is 0 Å². The Kier molecular flexibility index (Phi) is 9.50. The quantitative estimate of drug-likeness (QED) is 0.292. The molecule has 0 bridgehead atoms. The molecule has 1 fully saturated rings. The summed E-state index contributed by atoms with van der Waals surface area (Å²) in [5, 5.41) is 6.25. The average molecular weight is 491 g/mol. The van der Waals surface area contributed by atoms with E-state index in [1.807, 2.05) is 18.2 Å². The highest BCUT2D eigenvalue weighted by Gasteiger charge is 2.17. The zero-order chi connectivity index (χ0) is 25.2. The number of piperidine rings is 1. The maximum Gasteiger partial charge on any atom is 0.307 e. The van der Waals surface area contributed by atoms with Crippen LogP contribution >= 0.6 is 0 Å². The summed E-state index contributed by atoms with van der Waals surface area (Å²) in [6, 6.07) is 16.4. The van der Waals surface area contributed by atoms with Crippen molar-refractivity contribution in [3.8, 4) is 0 Å². The van der Waals surface area contributed by atoms with Crippen LogP contribution in [0.2, 0.25) is 0 Å². The van der Waals surface area contributed by atoms with Gasteiger partial charge in [-0.1, -0.05) is 30.3 Å². The molecule has 192 valence electrons. The van der Waals surface area contributed by atoms with Crippen molar-refractivity contribution in [1.29, 1.82) is 0 Å². The summed E-state index contributed by atoms with van der Waals surface area (Å²) in [7, 11) is 1.35. The number of unbranched alkanes of at least 4 members (excludes halogenated alkanes) is 1. The van der Waals surface area contributed by atoms with Crippen LogP contribution in [0.4, 0.5) is 0 Å². The van der Waals surface area contributed by atoms with E-state index >= 15 is 0 Å². The number of fused-ring (bicyclic) bond motifs is 1. The number of nitrogens with zero attached hydrogens (tertiary/aromatic N) is 2. The molecule has 0 saturated carbocycles. The summed E-state index contributed by atoms with van der Waals surface area (Å²) < 4.78 is 7.00. The summed E-state index contributed by atoms with van der Waals surface area (Å²) in [4.78, 5) is 28.9. The largest absolute Gasteiger partial charge is 0.469 e. The Labute approximate surface area is 213 Å². The summed E-state index contributed by atoms with van der Waals surface area (Å²) >= 11 is 0. The van der Waals surface area contributed by atoms with Crippen LogP contribution in [-0.4, -0.2) is 48.2 Å². The molecule has 0 aliphatic carbocycles. The minimum absolute atomic E-state index is 0.156. The molecule has 3 aromatic rings. The lowest BCUT2D eigenvalue weighted by Gasteiger charge is -2.22. The van der Waals surface area contributed by atoms with Gasteiger partial charge in [0.15, 0.2) is 0 Å². The fourth-order valence-corrected chi connectivity index (χ4v) is 4.99. The van der Waals surface area contributed by atoms with E-state index in [0.29, 0.717) is 5.56 Å². The summed E-state index contributed by atoms with van der Waals surface area (Å²) in [6.45, 7) is 3.39. The molecule has 0 unspecified atom stereocenters. The highest BCUT2D eigenvalue weighted by atomic mass is 16.5. The third-order valence-corrected chi connectivity index (χ3v) is 7.11. The van der Waals surface area contributed by atoms with E-state index in [4.69, 9.17) is 4.98 Å². The Bertz CT molecular complexity index is 1140. The number of aryl methyl sites for hydroxylation is 3. The molecule has 1 amide bonds. The van der Waals surface area contributed by atoms with Gasteiger partial charge in [0.1, 0.15) is 5.82 Å². The lowest BCUT2D eigenvalue weighted by atomic mass is 9.93. The second-order valence-corrected chi connectivity index (χ2v) is 9.64. The van der Waals surface area contributed by atoms with E-state index in [1.54, 1.807) is 0 Å². The van der Waals surface area contributed by atoms with Crippen molar-refractivity contribution in [3.05, 3.63) is 65.5 Å². The predicted octanol–water partition coefficient (Wildman–Crippen LogP) is 4.28. The summed E-state index contributed by atoms with van der Waals surface area (Å²) in [5.41, 5.74) is 3.88. The number of nitrogens with one attached hydrogen (secondary N) is 2. The van der Waals surface area contributed by atoms with E-state index in [2.05, 4.69) is 50.3 Å². The van der Waals surface area contributed by atoms with Gasteiger partial charge in [-0.3, -0.25) is 9.59 Å². The molecule has 2 N–H and O–H groups in total. The number of aromatic nitrogens is 2. The van der Waals surface area contributed by atoms with Gasteiger partial charge in [0.25, 0.3) is 5.91 Å². The SMILES string of the molecule is COC(=O)CCNC(=O)c1ccc2c(c1)nc(CCC1CCNCC1)n2CCCCc1ccccc1. The third kappa shape index (κ3) is 7.17. The fraction of sp³-hybridized carbons (Fsp3) is 0.483. The maximum absolute atomic E-state index is 12.6. The van der Waals surface area contributed by atoms with Crippen molar-refractivity contribution >= 4 is 22.9 Å². The fourth-order valence-electron chi connectivity index (χ4n) is 4.99. The number of methoxy groups -OCH3 is 1. The molecular formula is C29H38N4O3. The predicted molar refractivity (Wildman–Crippen MR) is 142 cm³/mol. The number of amides is 1. The molecule has 0 radical (unpaired) electrons. The van der Waals surface area contributed by atoms with Gasteiger partial charge in [-0.05, 0) is 81.3 Å². The van der Waals surface area contributed by atoms with Crippen LogP contribution in [0.25, 0.3) is 11.0 Å². The first-order valence-corrected chi connectivity index (χ1v) is 13.2. The molecule has 2 heterocycles. The highest BCUT2D eigenvalue weighted by molar-refractivity contribution is 5.97. The summed E-state index contributed by atoms with van der Waals surface area (Å²) in [6.07, 6.45) is 8.00. The Morgan fingerprint density at radius 1 is 1.08 bits per heavy atom. The van der Waals surface area contributed by atoms with Crippen LogP contribution in [0, 0.1) is 5.92 Å². The number of hydrogen-bond donors (Lipinski definition) is 2. The molecule has 1 aliphatic rings. The van der Waals surface area contributed by atoms with Gasteiger partial charge in [-0.15, -0.1) is 0 Å². The molecule has 7 nitrogen and oxygen atoms in total. The lowest BCUT2D eigenvalue weighted by Crippen LogP contribution is -2.28. The number of esters is 1. The molecular weight excluding hydrogens is 452 g/mol. The zero-order valence-corrected chi connectivity index (χ0v) is 21.3. The van der Waals surface area contributed by atoms with Gasteiger partial charge in [0, 0.05) is 25.1 Å². The zero-order valence-electron chi connectivity index (χ0n) is 21.3. The second kappa shape index (κ2) is 13.2. The number of imidazole rings is 1. The molecule has 0 spiro atoms. The monoisotopic (exact) mass is 490 g/mol. The number of carbonyl (C=O) groups excluding carboxylic acids is 2. The smallest absolute Gasteiger partial charge is 0.307 e. The Morgan fingerprint density at radius 3 is 2.67 bits per heavy atom. The van der Waals surface area contributed by atoms with E-state index in [-0.39, 0.29) is 24.8 Å². The van der Waals surface area contributed by atoms with Crippen molar-refractivity contribution in [2.75, 3.05) is 26.7 Å². The molecule has 2 aromatic carbocycles. The standard InChI is InChI=1S/C29H38N4O3/c1-36-28(34)16-19-31-29(35)24-11-12-26-25(21-24)32-27(13-10-23-14-17-30-18-15-23)33(26)20-6-5-9-22-7-3-2-4-8-22/h2-4,7-8,11-12,21,23,30H,5-6,9-10,13-20H2,1H3,(H,31,35). The van der Waals surface area contributed by atoms with Crippen molar-refractivity contribution in [1.82, 2.24) is 20.2 Å². The molecule has 0 atom stereocenters. The van der Waals surface area contributed by atoms with Gasteiger partial charge >= 0.3 is 5.97 Å². The number of ether oxygens (including phenoxy) is 1. The van der Waals surface area contributed by atoms with Crippen LogP contribution in [0.1, 0.15) is 60.3 Å². The van der Waals surface area contributed by atoms with Gasteiger partial charge in [-0.25, -0.2) is 4.98 Å². The topological polar surface area (TPSA) is 85.2 Å². The van der Waals surface area contributed by atoms with Gasteiger partial charge < -0.3 is 19.9 Å². The molecule has 1 saturated heterocycles. The first kappa shape index (κ1) is 25.9. The molecule has 36 heavy (non-hydrogen) atoms. The number of benzene rings is 2. The minimum atomic E-state index is -0.338. The normalized spacial score (nSPS) is 14.1. The summed E-state index contributed by atoms with van der Waals surface area (Å²) in [5.74, 6) is 1.32. The van der Waals surface area contributed by atoms with Gasteiger partial charge in [0.05, 0.1) is 24.6 Å². The number of carbonyl (C=O) groups is 2. The molecule has 1 aromatic heterocycles. The minimum Gasteiger partial charge on any atom is -0.469 e. The second-order valence-electron chi connectivity index (χ2n) is 9.64. The van der Waals surface area contributed by atoms with Crippen molar-refractivity contribution < 1.29 is 14.3 Å². The van der Waals surface area contributed by atoms with E-state index in [0.717, 1.165) is 74.5 Å². The van der Waals surface area contributed by atoms with E-state index < -0.39 is 0 Å². The van der Waals surface area contributed by atoms with Crippen LogP contribution in [0.5, 0.6) is 0 Å². The first-order chi connectivity index (χ1) is 17.6. The number of hydrogen-bond acceptors (Lipinski definition) is 5.